The van der Waals surface area contributed by atoms with Gasteiger partial charge in [0, 0.05) is 6.54 Å². The van der Waals surface area contributed by atoms with Crippen molar-refractivity contribution in [3.8, 4) is 0 Å². The summed E-state index contributed by atoms with van der Waals surface area (Å²) in [6.07, 6.45) is 0. The second-order valence-corrected chi connectivity index (χ2v) is 2.93. The summed E-state index contributed by atoms with van der Waals surface area (Å²) in [7, 11) is 1.96. The van der Waals surface area contributed by atoms with Crippen molar-refractivity contribution in [3.05, 3.63) is 35.9 Å². The van der Waals surface area contributed by atoms with Crippen molar-refractivity contribution >= 4 is 0 Å². The normalized spacial score (nSPS) is 9.77. The molecule has 3 heteroatoms. The van der Waals surface area contributed by atoms with Gasteiger partial charge in [-0.1, -0.05) is 30.3 Å². The van der Waals surface area contributed by atoms with Gasteiger partial charge >= 0.3 is 18.9 Å². The van der Waals surface area contributed by atoms with E-state index in [0.29, 0.717) is 6.54 Å². The molecule has 0 aromatic heterocycles. The molecule has 0 aliphatic rings. The molecule has 0 saturated heterocycles. The van der Waals surface area contributed by atoms with Crippen molar-refractivity contribution in [2.75, 3.05) is 20.2 Å². The Morgan fingerprint density at radius 2 is 1.85 bits per heavy atom. The molecule has 0 aliphatic carbocycles. The number of likely N-dealkylation sites (N-methyl/N-ethyl adjacent to an activating group) is 1. The molecule has 0 bridgehead atoms. The van der Waals surface area contributed by atoms with Crippen LogP contribution in [0.15, 0.2) is 30.3 Å². The fourth-order valence-electron chi connectivity index (χ4n) is 1.13. The molecule has 1 aromatic rings. The van der Waals surface area contributed by atoms with Crippen LogP contribution in [0.5, 0.6) is 0 Å². The van der Waals surface area contributed by atoms with Gasteiger partial charge in [0.15, 0.2) is 0 Å². The molecule has 1 rings (SSSR count). The van der Waals surface area contributed by atoms with Gasteiger partial charge in [0.2, 0.25) is 0 Å². The molecule has 1 aromatic carbocycles. The zero-order valence-electron chi connectivity index (χ0n) is 8.36. The standard InChI is InChI=1S/C10H14NO.Li/c1-11(7-8-12)9-10-5-3-2-4-6-10;/h2-6H,7-9H2,1H3;/q-1;+1. The molecule has 0 heterocycles. The summed E-state index contributed by atoms with van der Waals surface area (Å²) < 4.78 is 0. The largest absolute Gasteiger partial charge is 1.00 e. The SMILES string of the molecule is CN(CC[O-])Cc1ccccc1.[Li+]. The van der Waals surface area contributed by atoms with Gasteiger partial charge in [0.05, 0.1) is 0 Å². The summed E-state index contributed by atoms with van der Waals surface area (Å²) in [5.74, 6) is 0. The minimum atomic E-state index is -0.0245. The average molecular weight is 171 g/mol. The zero-order valence-corrected chi connectivity index (χ0v) is 8.36. The van der Waals surface area contributed by atoms with Gasteiger partial charge in [-0.05, 0) is 19.2 Å². The molecule has 0 aliphatic heterocycles. The summed E-state index contributed by atoms with van der Waals surface area (Å²) in [5, 5.41) is 10.3. The van der Waals surface area contributed by atoms with Crippen molar-refractivity contribution in [2.24, 2.45) is 0 Å². The van der Waals surface area contributed by atoms with Gasteiger partial charge in [0.1, 0.15) is 0 Å². The molecule has 0 saturated carbocycles. The molecule has 13 heavy (non-hydrogen) atoms. The topological polar surface area (TPSA) is 26.3 Å². The van der Waals surface area contributed by atoms with E-state index in [1.807, 2.05) is 30.1 Å². The Bertz CT molecular complexity index is 215. The van der Waals surface area contributed by atoms with Crippen LogP contribution < -0.4 is 24.0 Å². The first-order chi connectivity index (χ1) is 5.83. The van der Waals surface area contributed by atoms with Gasteiger partial charge in [0.25, 0.3) is 0 Å². The van der Waals surface area contributed by atoms with E-state index in [2.05, 4.69) is 12.1 Å². The quantitative estimate of drug-likeness (QED) is 0.467. The number of benzene rings is 1. The smallest absolute Gasteiger partial charge is 0.854 e. The molecule has 0 fully saturated rings. The third-order valence-corrected chi connectivity index (χ3v) is 1.77. The number of rotatable bonds is 4. The summed E-state index contributed by atoms with van der Waals surface area (Å²) in [6.45, 7) is 1.46. The Hall–Kier alpha value is -0.263. The first-order valence-corrected chi connectivity index (χ1v) is 4.13. The van der Waals surface area contributed by atoms with E-state index < -0.39 is 0 Å². The van der Waals surface area contributed by atoms with Crippen LogP contribution in [-0.2, 0) is 6.54 Å². The summed E-state index contributed by atoms with van der Waals surface area (Å²) in [5.41, 5.74) is 1.26. The predicted molar refractivity (Wildman–Crippen MR) is 47.6 cm³/mol. The van der Waals surface area contributed by atoms with Crippen molar-refractivity contribution in [3.63, 3.8) is 0 Å². The van der Waals surface area contributed by atoms with Crippen LogP contribution in [0.25, 0.3) is 0 Å². The van der Waals surface area contributed by atoms with E-state index in [9.17, 15) is 5.11 Å². The van der Waals surface area contributed by atoms with E-state index in [0.717, 1.165) is 6.54 Å². The molecular formula is C10H14LiNO. The molecule has 0 N–H and O–H groups in total. The minimum absolute atomic E-state index is 0. The van der Waals surface area contributed by atoms with E-state index in [4.69, 9.17) is 0 Å². The van der Waals surface area contributed by atoms with Gasteiger partial charge in [-0.25, -0.2) is 0 Å². The van der Waals surface area contributed by atoms with Crippen LogP contribution in [0.2, 0.25) is 0 Å². The van der Waals surface area contributed by atoms with Crippen LogP contribution in [0.1, 0.15) is 5.56 Å². The Morgan fingerprint density at radius 1 is 1.23 bits per heavy atom. The second-order valence-electron chi connectivity index (χ2n) is 2.93. The summed E-state index contributed by atoms with van der Waals surface area (Å²) >= 11 is 0. The Balaban J connectivity index is 0.00000144. The van der Waals surface area contributed by atoms with E-state index in [1.54, 1.807) is 0 Å². The molecule has 0 amide bonds. The first-order valence-electron chi connectivity index (χ1n) is 4.13. The second kappa shape index (κ2) is 7.17. The van der Waals surface area contributed by atoms with Crippen molar-refractivity contribution in [1.82, 2.24) is 4.90 Å². The summed E-state index contributed by atoms with van der Waals surface area (Å²) in [6, 6.07) is 10.2. The fraction of sp³-hybridized carbons (Fsp3) is 0.400. The van der Waals surface area contributed by atoms with Gasteiger partial charge in [-0.3, -0.25) is 0 Å². The molecule has 0 atom stereocenters. The average Bonchev–Trinajstić information content (AvgIpc) is 2.06. The van der Waals surface area contributed by atoms with Gasteiger partial charge in [-0.2, -0.15) is 0 Å². The third kappa shape index (κ3) is 5.12. The fourth-order valence-corrected chi connectivity index (χ4v) is 1.13. The predicted octanol–water partition coefficient (Wildman–Crippen LogP) is -2.52. The molecule has 0 spiro atoms. The Morgan fingerprint density at radius 3 is 2.38 bits per heavy atom. The van der Waals surface area contributed by atoms with Crippen LogP contribution in [0, 0.1) is 0 Å². The maximum Gasteiger partial charge on any atom is 1.00 e. The number of nitrogens with zero attached hydrogens (tertiary/aromatic N) is 1. The van der Waals surface area contributed by atoms with Crippen LogP contribution in [-0.4, -0.2) is 25.1 Å². The van der Waals surface area contributed by atoms with E-state index in [-0.39, 0.29) is 25.5 Å². The van der Waals surface area contributed by atoms with Gasteiger partial charge < -0.3 is 10.0 Å². The Kier molecular flexibility index (Phi) is 7.03. The number of hydrogen-bond acceptors (Lipinski definition) is 2. The molecule has 2 nitrogen and oxygen atoms in total. The number of hydrogen-bond donors (Lipinski definition) is 0. The van der Waals surface area contributed by atoms with E-state index >= 15 is 0 Å². The van der Waals surface area contributed by atoms with Crippen LogP contribution >= 0.6 is 0 Å². The molecule has 0 unspecified atom stereocenters. The monoisotopic (exact) mass is 171 g/mol. The van der Waals surface area contributed by atoms with Crippen molar-refractivity contribution in [2.45, 2.75) is 6.54 Å². The van der Waals surface area contributed by atoms with Crippen LogP contribution in [0.4, 0.5) is 0 Å². The maximum absolute atomic E-state index is 10.3. The Labute approximate surface area is 91.7 Å². The van der Waals surface area contributed by atoms with Gasteiger partial charge in [-0.15, -0.1) is 6.61 Å². The summed E-state index contributed by atoms with van der Waals surface area (Å²) in [4.78, 5) is 2.03. The molecule has 0 radical (unpaired) electrons. The van der Waals surface area contributed by atoms with Crippen LogP contribution in [0.3, 0.4) is 0 Å². The van der Waals surface area contributed by atoms with E-state index in [1.165, 1.54) is 5.56 Å². The van der Waals surface area contributed by atoms with Crippen molar-refractivity contribution in [1.29, 1.82) is 0 Å². The maximum atomic E-state index is 10.3. The first kappa shape index (κ1) is 12.7. The van der Waals surface area contributed by atoms with Crippen molar-refractivity contribution < 1.29 is 24.0 Å². The zero-order chi connectivity index (χ0) is 8.81. The third-order valence-electron chi connectivity index (χ3n) is 1.77. The minimum Gasteiger partial charge on any atom is -0.854 e. The molecule has 66 valence electrons. The molecular weight excluding hydrogens is 157 g/mol.